The summed E-state index contributed by atoms with van der Waals surface area (Å²) in [5.74, 6) is -0.449. The summed E-state index contributed by atoms with van der Waals surface area (Å²) in [5.41, 5.74) is 0. The molecule has 0 saturated carbocycles. The SMILES string of the molecule is [O-]c1c[o+]co1. The third kappa shape index (κ3) is 0.337. The van der Waals surface area contributed by atoms with E-state index in [0.717, 1.165) is 12.7 Å². The fourth-order valence-corrected chi connectivity index (χ4v) is 0.186. The molecule has 6 heavy (non-hydrogen) atoms. The van der Waals surface area contributed by atoms with Gasteiger partial charge in [-0.3, -0.25) is 8.83 Å². The molecule has 0 aromatic carbocycles. The van der Waals surface area contributed by atoms with Crippen molar-refractivity contribution < 1.29 is 13.9 Å². The number of hydrogen-bond acceptors (Lipinski definition) is 2. The van der Waals surface area contributed by atoms with Crippen molar-refractivity contribution in [1.29, 1.82) is 0 Å². The summed E-state index contributed by atoms with van der Waals surface area (Å²) in [6, 6.07) is 0. The predicted octanol–water partition coefficient (Wildman–Crippen LogP) is 0.227. The lowest BCUT2D eigenvalue weighted by atomic mass is 11.0. The Labute approximate surface area is 33.8 Å². The predicted molar refractivity (Wildman–Crippen MR) is 14.8 cm³/mol. The van der Waals surface area contributed by atoms with Crippen LogP contribution in [-0.2, 0) is 0 Å². The largest absolute Gasteiger partial charge is 0.493 e. The van der Waals surface area contributed by atoms with Crippen molar-refractivity contribution in [3.05, 3.63) is 12.7 Å². The van der Waals surface area contributed by atoms with Gasteiger partial charge in [0.1, 0.15) is 0 Å². The van der Waals surface area contributed by atoms with Crippen molar-refractivity contribution in [2.45, 2.75) is 0 Å². The molecule has 0 spiro atoms. The van der Waals surface area contributed by atoms with E-state index in [0.29, 0.717) is 0 Å². The average molecular weight is 86.0 g/mol. The van der Waals surface area contributed by atoms with Crippen LogP contribution in [0.15, 0.2) is 21.6 Å². The van der Waals surface area contributed by atoms with Crippen LogP contribution in [0, 0.1) is 0 Å². The van der Waals surface area contributed by atoms with Crippen LogP contribution in [0.3, 0.4) is 0 Å². The molecule has 1 heterocycles. The van der Waals surface area contributed by atoms with E-state index in [1.54, 1.807) is 0 Å². The van der Waals surface area contributed by atoms with Crippen LogP contribution in [-0.4, -0.2) is 0 Å². The molecule has 0 radical (unpaired) electrons. The van der Waals surface area contributed by atoms with E-state index in [2.05, 4.69) is 8.83 Å². The van der Waals surface area contributed by atoms with Gasteiger partial charge in [-0.25, -0.2) is 0 Å². The summed E-state index contributed by atoms with van der Waals surface area (Å²) in [6.45, 7) is 0.975. The fourth-order valence-electron chi connectivity index (χ4n) is 0.186. The first-order valence-electron chi connectivity index (χ1n) is 1.40. The highest BCUT2D eigenvalue weighted by Gasteiger charge is 1.92. The Morgan fingerprint density at radius 1 is 1.83 bits per heavy atom. The molecule has 0 unspecified atom stereocenters. The molecule has 0 fully saturated rings. The summed E-state index contributed by atoms with van der Waals surface area (Å²) < 4.78 is 8.35. The van der Waals surface area contributed by atoms with Gasteiger partial charge in [-0.2, -0.15) is 0 Å². The normalized spacial score (nSPS) is 8.67. The first kappa shape index (κ1) is 3.21. The fraction of sp³-hybridized carbons (Fsp3) is 0. The molecule has 3 nitrogen and oxygen atoms in total. The van der Waals surface area contributed by atoms with Crippen LogP contribution in [0.25, 0.3) is 0 Å². The quantitative estimate of drug-likeness (QED) is 0.424. The molecule has 0 saturated heterocycles. The minimum atomic E-state index is -0.449. The van der Waals surface area contributed by atoms with Crippen LogP contribution in [0.4, 0.5) is 0 Å². The Kier molecular flexibility index (Phi) is 0.538. The van der Waals surface area contributed by atoms with Gasteiger partial charge < -0.3 is 5.11 Å². The molecule has 32 valence electrons. The summed E-state index contributed by atoms with van der Waals surface area (Å²) in [7, 11) is 0. The van der Waals surface area contributed by atoms with E-state index in [9.17, 15) is 5.11 Å². The monoisotopic (exact) mass is 86.0 g/mol. The summed E-state index contributed by atoms with van der Waals surface area (Å²) in [6.07, 6.45) is 0.986. The topological polar surface area (TPSA) is 47.5 Å². The summed E-state index contributed by atoms with van der Waals surface area (Å²) >= 11 is 0. The summed E-state index contributed by atoms with van der Waals surface area (Å²) in [5, 5.41) is 9.81. The number of rotatable bonds is 0. The molecular formula is C3H2O3. The van der Waals surface area contributed by atoms with Crippen molar-refractivity contribution in [1.82, 2.24) is 0 Å². The Morgan fingerprint density at radius 2 is 2.67 bits per heavy atom. The highest BCUT2D eigenvalue weighted by molar-refractivity contribution is 4.83. The average Bonchev–Trinajstić information content (AvgIpc) is 1.86. The molecule has 1 aromatic rings. The highest BCUT2D eigenvalue weighted by atomic mass is 16.6. The molecule has 0 amide bonds. The van der Waals surface area contributed by atoms with E-state index in [1.165, 1.54) is 0 Å². The Morgan fingerprint density at radius 3 is 2.83 bits per heavy atom. The second kappa shape index (κ2) is 1.01. The molecule has 1 aromatic heterocycles. The third-order valence-electron chi connectivity index (χ3n) is 0.384. The molecule has 1 rings (SSSR count). The highest BCUT2D eigenvalue weighted by Crippen LogP contribution is 1.99. The zero-order chi connectivity index (χ0) is 4.41. The van der Waals surface area contributed by atoms with Gasteiger partial charge in [-0.15, -0.1) is 0 Å². The first-order valence-corrected chi connectivity index (χ1v) is 1.40. The second-order valence-electron chi connectivity index (χ2n) is 0.787. The molecular weight excluding hydrogens is 84.0 g/mol. The lowest BCUT2D eigenvalue weighted by Gasteiger charge is -1.58. The van der Waals surface area contributed by atoms with Crippen molar-refractivity contribution in [2.24, 2.45) is 0 Å². The van der Waals surface area contributed by atoms with Gasteiger partial charge in [0.05, 0.1) is 0 Å². The maximum absolute atomic E-state index is 9.81. The van der Waals surface area contributed by atoms with Gasteiger partial charge in [-0.1, -0.05) is 0 Å². The van der Waals surface area contributed by atoms with Crippen LogP contribution >= 0.6 is 0 Å². The van der Waals surface area contributed by atoms with Crippen molar-refractivity contribution in [3.8, 4) is 5.95 Å². The first-order chi connectivity index (χ1) is 2.89. The molecule has 0 aliphatic carbocycles. The van der Waals surface area contributed by atoms with Gasteiger partial charge >= 0.3 is 12.4 Å². The van der Waals surface area contributed by atoms with Crippen molar-refractivity contribution >= 4 is 0 Å². The molecule has 0 aliphatic heterocycles. The van der Waals surface area contributed by atoms with Gasteiger partial charge in [0, 0.05) is 0 Å². The Balaban J connectivity index is 3.05. The van der Waals surface area contributed by atoms with Crippen LogP contribution in [0.2, 0.25) is 0 Å². The van der Waals surface area contributed by atoms with Crippen molar-refractivity contribution in [2.75, 3.05) is 0 Å². The Hall–Kier alpha value is -0.990. The summed E-state index contributed by atoms with van der Waals surface area (Å²) in [4.78, 5) is 0. The van der Waals surface area contributed by atoms with Crippen LogP contribution in [0.5, 0.6) is 5.95 Å². The van der Waals surface area contributed by atoms with E-state index < -0.39 is 5.95 Å². The smallest absolute Gasteiger partial charge is 0.486 e. The molecule has 3 heteroatoms. The van der Waals surface area contributed by atoms with E-state index in [-0.39, 0.29) is 0 Å². The van der Waals surface area contributed by atoms with Crippen LogP contribution < -0.4 is 5.11 Å². The molecule has 0 aliphatic rings. The zero-order valence-electron chi connectivity index (χ0n) is 2.88. The van der Waals surface area contributed by atoms with Crippen molar-refractivity contribution in [3.63, 3.8) is 0 Å². The van der Waals surface area contributed by atoms with E-state index in [4.69, 9.17) is 0 Å². The maximum atomic E-state index is 9.81. The van der Waals surface area contributed by atoms with E-state index >= 15 is 0 Å². The van der Waals surface area contributed by atoms with E-state index in [1.807, 2.05) is 0 Å². The number of hydrogen-bond donors (Lipinski definition) is 0. The van der Waals surface area contributed by atoms with Gasteiger partial charge in [-0.05, 0) is 0 Å². The van der Waals surface area contributed by atoms with Gasteiger partial charge in [0.25, 0.3) is 6.26 Å². The lowest BCUT2D eigenvalue weighted by Crippen LogP contribution is -1.82. The molecule has 0 atom stereocenters. The standard InChI is InChI=1S/C3H2O3/c4-3-1-5-2-6-3/h1-2H. The maximum Gasteiger partial charge on any atom is 0.486 e. The molecule has 0 bridgehead atoms. The second-order valence-corrected chi connectivity index (χ2v) is 0.787. The van der Waals surface area contributed by atoms with Gasteiger partial charge in [0.15, 0.2) is 0 Å². The minimum Gasteiger partial charge on any atom is -0.493 e. The minimum absolute atomic E-state index is 0.449. The molecule has 0 N–H and O–H groups in total. The van der Waals surface area contributed by atoms with Gasteiger partial charge in [0.2, 0.25) is 0 Å². The lowest BCUT2D eigenvalue weighted by molar-refractivity contribution is -0.294. The third-order valence-corrected chi connectivity index (χ3v) is 0.384. The Bertz CT molecular complexity index is 110. The zero-order valence-corrected chi connectivity index (χ0v) is 2.88. The van der Waals surface area contributed by atoms with Crippen LogP contribution in [0.1, 0.15) is 0 Å².